The molecule has 0 spiro atoms. The highest BCUT2D eigenvalue weighted by Crippen LogP contribution is 2.52. The lowest BCUT2D eigenvalue weighted by Gasteiger charge is -2.52. The number of nitrogens with zero attached hydrogens (tertiary/aromatic N) is 1. The number of primary amides is 1. The average molecular weight is 549 g/mol. The van der Waals surface area contributed by atoms with Crippen LogP contribution in [-0.2, 0) is 25.6 Å². The normalized spacial score (nSPS) is 29.5. The Morgan fingerprint density at radius 3 is 2.40 bits per heavy atom. The minimum atomic E-state index is -2.79. The predicted octanol–water partition coefficient (Wildman–Crippen LogP) is 0.355. The van der Waals surface area contributed by atoms with E-state index in [-0.39, 0.29) is 24.2 Å². The van der Waals surface area contributed by atoms with Gasteiger partial charge in [-0.3, -0.25) is 33.7 Å². The molecule has 0 aromatic heterocycles. The fourth-order valence-electron chi connectivity index (χ4n) is 6.87. The largest absolute Gasteiger partial charge is 0.507 e. The number of phenolic OH excluding ortho intramolecular Hbond substituents is 1. The Hall–Kier alpha value is -4.22. The van der Waals surface area contributed by atoms with Crippen LogP contribution < -0.4 is 10.5 Å². The molecule has 5 rings (SSSR count). The average Bonchev–Trinajstić information content (AvgIpc) is 2.90. The summed E-state index contributed by atoms with van der Waals surface area (Å²) in [6.07, 6.45) is 0.685. The van der Waals surface area contributed by atoms with Crippen LogP contribution in [-0.4, -0.2) is 83.3 Å². The van der Waals surface area contributed by atoms with Gasteiger partial charge in [0, 0.05) is 17.0 Å². The number of phenols is 1. The lowest BCUT2D eigenvalue weighted by Crippen LogP contribution is -2.74. The maximum atomic E-state index is 13.9. The van der Waals surface area contributed by atoms with Crippen molar-refractivity contribution in [3.8, 4) is 22.6 Å². The van der Waals surface area contributed by atoms with Gasteiger partial charge in [-0.25, -0.2) is 0 Å². The van der Waals surface area contributed by atoms with Gasteiger partial charge >= 0.3 is 0 Å². The number of aldehydes is 1. The molecule has 2 aromatic carbocycles. The number of ether oxygens (including phenoxy) is 1. The molecule has 0 heterocycles. The maximum Gasteiger partial charge on any atom is 0.235 e. The zero-order valence-electron chi connectivity index (χ0n) is 22.0. The summed E-state index contributed by atoms with van der Waals surface area (Å²) in [6, 6.07) is 6.45. The van der Waals surface area contributed by atoms with E-state index in [1.807, 2.05) is 0 Å². The number of nitrogens with two attached hydrogens (primary N) is 1. The topological polar surface area (TPSA) is 181 Å². The Morgan fingerprint density at radius 1 is 1.10 bits per heavy atom. The van der Waals surface area contributed by atoms with Gasteiger partial charge in [-0.15, -0.1) is 0 Å². The summed E-state index contributed by atoms with van der Waals surface area (Å²) in [4.78, 5) is 79.4. The lowest BCUT2D eigenvalue weighted by atomic mass is 9.52. The Morgan fingerprint density at radius 2 is 1.80 bits per heavy atom. The molecule has 40 heavy (non-hydrogen) atoms. The zero-order chi connectivity index (χ0) is 29.3. The minimum Gasteiger partial charge on any atom is -0.507 e. The number of carbonyl (C=O) groups is 6. The second kappa shape index (κ2) is 9.46. The van der Waals surface area contributed by atoms with Crippen LogP contribution in [0, 0.1) is 23.7 Å². The highest BCUT2D eigenvalue weighted by molar-refractivity contribution is 6.32. The summed E-state index contributed by atoms with van der Waals surface area (Å²) in [6.45, 7) is 0. The molecule has 0 aliphatic heterocycles. The number of fused-ring (bicyclic) bond motifs is 3. The third-order valence-electron chi connectivity index (χ3n) is 8.59. The third-order valence-corrected chi connectivity index (χ3v) is 8.59. The van der Waals surface area contributed by atoms with Crippen molar-refractivity contribution >= 4 is 35.3 Å². The van der Waals surface area contributed by atoms with E-state index in [0.717, 1.165) is 0 Å². The van der Waals surface area contributed by atoms with Crippen LogP contribution in [0.15, 0.2) is 30.3 Å². The van der Waals surface area contributed by atoms with E-state index in [2.05, 4.69) is 0 Å². The molecule has 2 saturated carbocycles. The van der Waals surface area contributed by atoms with Crippen LogP contribution >= 0.6 is 0 Å². The monoisotopic (exact) mass is 548 g/mol. The van der Waals surface area contributed by atoms with Gasteiger partial charge in [-0.05, 0) is 68.2 Å². The first-order valence-corrected chi connectivity index (χ1v) is 12.7. The second-order valence-electron chi connectivity index (χ2n) is 10.9. The molecule has 6 atom stereocenters. The molecule has 208 valence electrons. The number of methoxy groups -OCH3 is 1. The highest BCUT2D eigenvalue weighted by Gasteiger charge is 2.69. The summed E-state index contributed by atoms with van der Waals surface area (Å²) in [5.41, 5.74) is 4.18. The molecular weight excluding hydrogens is 520 g/mol. The second-order valence-corrected chi connectivity index (χ2v) is 10.9. The van der Waals surface area contributed by atoms with Crippen LogP contribution in [0.4, 0.5) is 0 Å². The first kappa shape index (κ1) is 27.4. The molecule has 0 bridgehead atoms. The summed E-state index contributed by atoms with van der Waals surface area (Å²) in [5, 5.41) is 22.4. The summed E-state index contributed by atoms with van der Waals surface area (Å²) in [7, 11) is 4.50. The van der Waals surface area contributed by atoms with E-state index in [4.69, 9.17) is 10.5 Å². The van der Waals surface area contributed by atoms with Crippen molar-refractivity contribution in [3.05, 3.63) is 47.0 Å². The highest BCUT2D eigenvalue weighted by atomic mass is 16.5. The van der Waals surface area contributed by atoms with E-state index >= 15 is 0 Å². The molecule has 0 radical (unpaired) electrons. The molecule has 11 nitrogen and oxygen atoms in total. The summed E-state index contributed by atoms with van der Waals surface area (Å²) < 4.78 is 5.48. The standard InChI is InChI=1S/C29H28N2O9/c1-31(2)23-17-10-13-9-16-14(15-8-12(11-32)4-7-19(15)40-3)5-6-18(33)21(16)24(34)20(13)26(36)29(17,39)27(37)22(25(23)35)28(30)38/h4-8,11,13,17,20,22-23,33,39H,9-10H2,1-3H3,(H2,30,38). The van der Waals surface area contributed by atoms with Crippen LogP contribution in [0.1, 0.15) is 32.7 Å². The van der Waals surface area contributed by atoms with Gasteiger partial charge in [0.05, 0.1) is 24.6 Å². The van der Waals surface area contributed by atoms with Gasteiger partial charge in [0.25, 0.3) is 0 Å². The van der Waals surface area contributed by atoms with Crippen LogP contribution in [0.3, 0.4) is 0 Å². The molecule has 0 saturated heterocycles. The van der Waals surface area contributed by atoms with Gasteiger partial charge in [0.2, 0.25) is 5.91 Å². The molecule has 3 aliphatic rings. The molecule has 1 amide bonds. The number of Topliss-reactive ketones (excluding diaryl/α,β-unsaturated/α-hetero) is 4. The Kier molecular flexibility index (Phi) is 6.47. The SMILES string of the molecule is COc1ccc(C=O)cc1-c1ccc(O)c2c1CC1CC3C(N(C)C)C(=O)C(C(N)=O)C(=O)C3(O)C(=O)C1C2=O. The number of hydrogen-bond donors (Lipinski definition) is 3. The molecule has 3 aliphatic carbocycles. The maximum absolute atomic E-state index is 13.9. The zero-order valence-corrected chi connectivity index (χ0v) is 22.0. The van der Waals surface area contributed by atoms with Crippen molar-refractivity contribution in [2.45, 2.75) is 24.5 Å². The Labute approximate surface area is 228 Å². The Bertz CT molecular complexity index is 1510. The van der Waals surface area contributed by atoms with Gasteiger partial charge in [-0.2, -0.15) is 0 Å². The van der Waals surface area contributed by atoms with E-state index in [0.29, 0.717) is 34.3 Å². The van der Waals surface area contributed by atoms with Crippen molar-refractivity contribution in [1.29, 1.82) is 0 Å². The van der Waals surface area contributed by atoms with Crippen LogP contribution in [0.2, 0.25) is 0 Å². The third kappa shape index (κ3) is 3.65. The van der Waals surface area contributed by atoms with Crippen molar-refractivity contribution in [3.63, 3.8) is 0 Å². The fourth-order valence-corrected chi connectivity index (χ4v) is 6.87. The van der Waals surface area contributed by atoms with Crippen LogP contribution in [0.5, 0.6) is 11.5 Å². The lowest BCUT2D eigenvalue weighted by molar-refractivity contribution is -0.181. The van der Waals surface area contributed by atoms with Gasteiger partial charge in [-0.1, -0.05) is 6.07 Å². The van der Waals surface area contributed by atoms with Crippen LogP contribution in [0.25, 0.3) is 11.1 Å². The first-order valence-electron chi connectivity index (χ1n) is 12.7. The van der Waals surface area contributed by atoms with Crippen molar-refractivity contribution in [2.24, 2.45) is 29.4 Å². The number of ketones is 4. The number of amides is 1. The molecule has 11 heteroatoms. The number of rotatable bonds is 5. The number of carbonyl (C=O) groups excluding carboxylic acids is 6. The summed E-state index contributed by atoms with van der Waals surface area (Å²) in [5.74, 6) is -10.7. The first-order chi connectivity index (χ1) is 18.9. The van der Waals surface area contributed by atoms with Gasteiger partial charge in [0.15, 0.2) is 34.7 Å². The van der Waals surface area contributed by atoms with E-state index < -0.39 is 64.4 Å². The van der Waals surface area contributed by atoms with Crippen molar-refractivity contribution < 1.29 is 43.7 Å². The fraction of sp³-hybridized carbons (Fsp3) is 0.379. The molecule has 6 unspecified atom stereocenters. The minimum absolute atomic E-state index is 0.0650. The van der Waals surface area contributed by atoms with Gasteiger partial charge in [0.1, 0.15) is 17.8 Å². The van der Waals surface area contributed by atoms with E-state index in [1.165, 1.54) is 32.2 Å². The van der Waals surface area contributed by atoms with Crippen molar-refractivity contribution in [2.75, 3.05) is 21.2 Å². The Balaban J connectivity index is 1.68. The summed E-state index contributed by atoms with van der Waals surface area (Å²) >= 11 is 0. The number of aromatic hydroxyl groups is 1. The van der Waals surface area contributed by atoms with E-state index in [9.17, 15) is 39.0 Å². The number of aliphatic hydroxyl groups is 1. The molecular formula is C29H28N2O9. The molecule has 2 aromatic rings. The molecule has 4 N–H and O–H groups in total. The van der Waals surface area contributed by atoms with E-state index in [1.54, 1.807) is 24.3 Å². The number of likely N-dealkylation sites (N-methyl/N-ethyl adjacent to an activating group) is 1. The van der Waals surface area contributed by atoms with Crippen molar-refractivity contribution in [1.82, 2.24) is 4.90 Å². The predicted molar refractivity (Wildman–Crippen MR) is 139 cm³/mol. The quantitative estimate of drug-likeness (QED) is 0.348. The van der Waals surface area contributed by atoms with Gasteiger partial charge < -0.3 is 20.7 Å². The number of hydrogen-bond acceptors (Lipinski definition) is 10. The number of benzene rings is 2. The smallest absolute Gasteiger partial charge is 0.235 e. The molecule has 2 fully saturated rings.